The van der Waals surface area contributed by atoms with E-state index in [4.69, 9.17) is 10.8 Å². The minimum Gasteiger partial charge on any atom is -0.508 e. The third-order valence-corrected chi connectivity index (χ3v) is 1.20. The van der Waals surface area contributed by atoms with Gasteiger partial charge in [-0.05, 0) is 24.3 Å². The molecule has 0 unspecified atom stereocenters. The molecule has 1 aromatic carbocycles. The van der Waals surface area contributed by atoms with Gasteiger partial charge in [0.25, 0.3) is 0 Å². The number of rotatable bonds is 0. The Bertz CT molecular complexity index is 279. The van der Waals surface area contributed by atoms with Crippen LogP contribution in [0.2, 0.25) is 0 Å². The molecule has 11 heavy (non-hydrogen) atoms. The molecule has 0 aromatic heterocycles. The van der Waals surface area contributed by atoms with E-state index in [2.05, 4.69) is 11.8 Å². The molecular weight excluding hydrogens is 138 g/mol. The van der Waals surface area contributed by atoms with Crippen LogP contribution in [0, 0.1) is 11.8 Å². The molecule has 2 nitrogen and oxygen atoms in total. The number of hydrogen-bond donors (Lipinski definition) is 2. The van der Waals surface area contributed by atoms with Crippen molar-refractivity contribution in [3.8, 4) is 17.6 Å². The first-order chi connectivity index (χ1) is 5.33. The lowest BCUT2D eigenvalue weighted by Gasteiger charge is -1.89. The normalized spacial score (nSPS) is 8.45. The van der Waals surface area contributed by atoms with E-state index < -0.39 is 0 Å². The van der Waals surface area contributed by atoms with Crippen LogP contribution in [0.1, 0.15) is 5.56 Å². The van der Waals surface area contributed by atoms with E-state index in [-0.39, 0.29) is 5.75 Å². The van der Waals surface area contributed by atoms with Crippen molar-refractivity contribution in [3.63, 3.8) is 0 Å². The Morgan fingerprint density at radius 1 is 1.27 bits per heavy atom. The summed E-state index contributed by atoms with van der Waals surface area (Å²) in [5.74, 6) is 5.82. The monoisotopic (exact) mass is 147 g/mol. The van der Waals surface area contributed by atoms with Crippen molar-refractivity contribution in [2.75, 3.05) is 6.54 Å². The van der Waals surface area contributed by atoms with Crippen LogP contribution in [0.5, 0.6) is 5.75 Å². The lowest BCUT2D eigenvalue weighted by atomic mass is 10.2. The summed E-state index contributed by atoms with van der Waals surface area (Å²) in [5, 5.41) is 8.91. The summed E-state index contributed by atoms with van der Waals surface area (Å²) in [6.45, 7) is 0.362. The van der Waals surface area contributed by atoms with Gasteiger partial charge in [0.05, 0.1) is 6.54 Å². The van der Waals surface area contributed by atoms with Gasteiger partial charge in [0.2, 0.25) is 0 Å². The molecule has 56 valence electrons. The summed E-state index contributed by atoms with van der Waals surface area (Å²) in [6, 6.07) is 6.69. The first-order valence-electron chi connectivity index (χ1n) is 3.31. The summed E-state index contributed by atoms with van der Waals surface area (Å²) in [5.41, 5.74) is 6.05. The Labute approximate surface area is 65.7 Å². The Hall–Kier alpha value is -1.46. The zero-order valence-corrected chi connectivity index (χ0v) is 6.04. The molecule has 0 bridgehead atoms. The van der Waals surface area contributed by atoms with Crippen LogP contribution >= 0.6 is 0 Å². The molecule has 0 radical (unpaired) electrons. The lowest BCUT2D eigenvalue weighted by Crippen LogP contribution is -1.92. The molecule has 0 aliphatic carbocycles. The van der Waals surface area contributed by atoms with Crippen molar-refractivity contribution in [3.05, 3.63) is 29.8 Å². The first-order valence-corrected chi connectivity index (χ1v) is 3.31. The van der Waals surface area contributed by atoms with Gasteiger partial charge in [-0.15, -0.1) is 0 Å². The molecule has 0 saturated heterocycles. The topological polar surface area (TPSA) is 46.2 Å². The fourth-order valence-corrected chi connectivity index (χ4v) is 0.698. The standard InChI is InChI=1S/C9H9NO/c10-7-1-2-8-3-5-9(11)6-4-8/h3-6,11H,7,10H2. The van der Waals surface area contributed by atoms with E-state index in [0.717, 1.165) is 5.56 Å². The number of benzene rings is 1. The second kappa shape index (κ2) is 3.65. The number of phenolic OH excluding ortho intramolecular Hbond substituents is 1. The van der Waals surface area contributed by atoms with E-state index in [1.54, 1.807) is 24.3 Å². The molecule has 0 heterocycles. The van der Waals surface area contributed by atoms with E-state index in [9.17, 15) is 0 Å². The highest BCUT2D eigenvalue weighted by Gasteiger charge is 1.85. The smallest absolute Gasteiger partial charge is 0.115 e. The fourth-order valence-electron chi connectivity index (χ4n) is 0.698. The van der Waals surface area contributed by atoms with E-state index in [0.29, 0.717) is 6.54 Å². The van der Waals surface area contributed by atoms with Gasteiger partial charge in [0.15, 0.2) is 0 Å². The minimum atomic E-state index is 0.253. The van der Waals surface area contributed by atoms with Gasteiger partial charge < -0.3 is 10.8 Å². The molecule has 0 aliphatic rings. The molecular formula is C9H9NO. The van der Waals surface area contributed by atoms with Crippen molar-refractivity contribution in [2.24, 2.45) is 5.73 Å². The number of phenols is 1. The minimum absolute atomic E-state index is 0.253. The Morgan fingerprint density at radius 2 is 1.91 bits per heavy atom. The molecule has 0 amide bonds. The van der Waals surface area contributed by atoms with E-state index in [1.165, 1.54) is 0 Å². The molecule has 0 saturated carbocycles. The van der Waals surface area contributed by atoms with Gasteiger partial charge in [-0.25, -0.2) is 0 Å². The Balaban J connectivity index is 2.82. The molecule has 0 spiro atoms. The van der Waals surface area contributed by atoms with Crippen LogP contribution < -0.4 is 5.73 Å². The molecule has 0 fully saturated rings. The van der Waals surface area contributed by atoms with Crippen molar-refractivity contribution < 1.29 is 5.11 Å². The first kappa shape index (κ1) is 7.64. The average Bonchev–Trinajstić information content (AvgIpc) is 2.04. The second-order valence-electron chi connectivity index (χ2n) is 2.05. The molecule has 3 N–H and O–H groups in total. The third-order valence-electron chi connectivity index (χ3n) is 1.20. The van der Waals surface area contributed by atoms with Crippen LogP contribution in [0.3, 0.4) is 0 Å². The highest BCUT2D eigenvalue weighted by Crippen LogP contribution is 2.07. The molecule has 2 heteroatoms. The van der Waals surface area contributed by atoms with Gasteiger partial charge in [0.1, 0.15) is 5.75 Å². The van der Waals surface area contributed by atoms with E-state index >= 15 is 0 Å². The van der Waals surface area contributed by atoms with Gasteiger partial charge in [-0.1, -0.05) is 11.8 Å². The summed E-state index contributed by atoms with van der Waals surface area (Å²) in [7, 11) is 0. The van der Waals surface area contributed by atoms with Crippen LogP contribution in [0.4, 0.5) is 0 Å². The van der Waals surface area contributed by atoms with Gasteiger partial charge in [-0.2, -0.15) is 0 Å². The predicted octanol–water partition coefficient (Wildman–Crippen LogP) is 0.702. The zero-order chi connectivity index (χ0) is 8.10. The van der Waals surface area contributed by atoms with Crippen molar-refractivity contribution in [1.29, 1.82) is 0 Å². The van der Waals surface area contributed by atoms with Crippen LogP contribution in [0.25, 0.3) is 0 Å². The Morgan fingerprint density at radius 3 is 2.45 bits per heavy atom. The second-order valence-corrected chi connectivity index (χ2v) is 2.05. The van der Waals surface area contributed by atoms with Crippen LogP contribution in [-0.2, 0) is 0 Å². The highest BCUT2D eigenvalue weighted by molar-refractivity contribution is 5.37. The Kier molecular flexibility index (Phi) is 2.53. The molecule has 0 aliphatic heterocycles. The zero-order valence-electron chi connectivity index (χ0n) is 6.04. The summed E-state index contributed by atoms with van der Waals surface area (Å²) in [4.78, 5) is 0. The van der Waals surface area contributed by atoms with Crippen LogP contribution in [0.15, 0.2) is 24.3 Å². The summed E-state index contributed by atoms with van der Waals surface area (Å²) >= 11 is 0. The SMILES string of the molecule is NCC#Cc1ccc(O)cc1. The van der Waals surface area contributed by atoms with Crippen molar-refractivity contribution >= 4 is 0 Å². The lowest BCUT2D eigenvalue weighted by molar-refractivity contribution is 0.475. The van der Waals surface area contributed by atoms with Crippen LogP contribution in [-0.4, -0.2) is 11.7 Å². The summed E-state index contributed by atoms with van der Waals surface area (Å²) < 4.78 is 0. The molecule has 1 aromatic rings. The number of aromatic hydroxyl groups is 1. The van der Waals surface area contributed by atoms with Gasteiger partial charge >= 0.3 is 0 Å². The third kappa shape index (κ3) is 2.32. The van der Waals surface area contributed by atoms with Gasteiger partial charge in [0, 0.05) is 5.56 Å². The maximum atomic E-state index is 8.91. The maximum Gasteiger partial charge on any atom is 0.115 e. The van der Waals surface area contributed by atoms with Gasteiger partial charge in [-0.3, -0.25) is 0 Å². The van der Waals surface area contributed by atoms with Crippen molar-refractivity contribution in [1.82, 2.24) is 0 Å². The average molecular weight is 147 g/mol. The van der Waals surface area contributed by atoms with E-state index in [1.807, 2.05) is 0 Å². The summed E-state index contributed by atoms with van der Waals surface area (Å²) in [6.07, 6.45) is 0. The number of hydrogen-bond acceptors (Lipinski definition) is 2. The molecule has 0 atom stereocenters. The largest absolute Gasteiger partial charge is 0.508 e. The van der Waals surface area contributed by atoms with Crippen molar-refractivity contribution in [2.45, 2.75) is 0 Å². The number of nitrogens with two attached hydrogens (primary N) is 1. The highest BCUT2D eigenvalue weighted by atomic mass is 16.3. The molecule has 1 rings (SSSR count). The predicted molar refractivity (Wildman–Crippen MR) is 44.0 cm³/mol. The maximum absolute atomic E-state index is 8.91. The quantitative estimate of drug-likeness (QED) is 0.531. The fraction of sp³-hybridized carbons (Fsp3) is 0.111.